The van der Waals surface area contributed by atoms with Gasteiger partial charge >= 0.3 is 0 Å². The number of aliphatic hydroxyl groups excluding tert-OH is 1. The predicted molar refractivity (Wildman–Crippen MR) is 41.5 cm³/mol. The zero-order chi connectivity index (χ0) is 8.10. The highest BCUT2D eigenvalue weighted by Crippen LogP contribution is 2.18. The Morgan fingerprint density at radius 3 is 2.91 bits per heavy atom. The third-order valence-electron chi connectivity index (χ3n) is 1.86. The van der Waals surface area contributed by atoms with Crippen molar-refractivity contribution in [3.05, 3.63) is 0 Å². The van der Waals surface area contributed by atoms with Crippen LogP contribution in [0.2, 0.25) is 0 Å². The van der Waals surface area contributed by atoms with Gasteiger partial charge < -0.3 is 14.6 Å². The standard InChI is InChI=1S/C8H16O3/c1-7-2-3-8(11-7)6-10-5-4-9/h7-9H,2-6H2,1H3. The minimum absolute atomic E-state index is 0.0995. The molecule has 11 heavy (non-hydrogen) atoms. The molecule has 0 aromatic rings. The molecular formula is C8H16O3. The van der Waals surface area contributed by atoms with E-state index in [4.69, 9.17) is 14.6 Å². The van der Waals surface area contributed by atoms with E-state index in [1.807, 2.05) is 0 Å². The van der Waals surface area contributed by atoms with Crippen LogP contribution in [0.25, 0.3) is 0 Å². The minimum Gasteiger partial charge on any atom is -0.394 e. The lowest BCUT2D eigenvalue weighted by molar-refractivity contribution is -0.0165. The van der Waals surface area contributed by atoms with E-state index < -0.39 is 0 Å². The van der Waals surface area contributed by atoms with Gasteiger partial charge in [-0.05, 0) is 19.8 Å². The Hall–Kier alpha value is -0.120. The summed E-state index contributed by atoms with van der Waals surface area (Å²) in [5.41, 5.74) is 0. The Bertz CT molecular complexity index is 106. The van der Waals surface area contributed by atoms with Crippen LogP contribution in [0.3, 0.4) is 0 Å². The van der Waals surface area contributed by atoms with Gasteiger partial charge in [0.15, 0.2) is 0 Å². The van der Waals surface area contributed by atoms with E-state index in [1.165, 1.54) is 0 Å². The molecule has 66 valence electrons. The summed E-state index contributed by atoms with van der Waals surface area (Å²) in [7, 11) is 0. The molecule has 0 aromatic heterocycles. The van der Waals surface area contributed by atoms with Gasteiger partial charge in [0.05, 0.1) is 32.0 Å². The molecule has 0 amide bonds. The van der Waals surface area contributed by atoms with Gasteiger partial charge in [0, 0.05) is 0 Å². The summed E-state index contributed by atoms with van der Waals surface area (Å²) in [6, 6.07) is 0. The Morgan fingerprint density at radius 2 is 2.36 bits per heavy atom. The maximum atomic E-state index is 8.43. The van der Waals surface area contributed by atoms with Crippen molar-refractivity contribution in [2.45, 2.75) is 32.0 Å². The number of ether oxygens (including phenoxy) is 2. The lowest BCUT2D eigenvalue weighted by Crippen LogP contribution is -2.17. The van der Waals surface area contributed by atoms with Crippen LogP contribution < -0.4 is 0 Å². The van der Waals surface area contributed by atoms with Crippen LogP contribution in [0.15, 0.2) is 0 Å². The molecule has 0 radical (unpaired) electrons. The molecule has 0 bridgehead atoms. The van der Waals surface area contributed by atoms with E-state index in [1.54, 1.807) is 0 Å². The first kappa shape index (κ1) is 8.97. The van der Waals surface area contributed by atoms with Crippen LogP contribution in [0.5, 0.6) is 0 Å². The van der Waals surface area contributed by atoms with Crippen LogP contribution in [0.4, 0.5) is 0 Å². The van der Waals surface area contributed by atoms with Crippen LogP contribution in [0.1, 0.15) is 19.8 Å². The molecule has 0 aromatic carbocycles. The van der Waals surface area contributed by atoms with Crippen LogP contribution in [-0.4, -0.2) is 37.1 Å². The zero-order valence-electron chi connectivity index (χ0n) is 6.95. The lowest BCUT2D eigenvalue weighted by Gasteiger charge is -2.10. The fraction of sp³-hybridized carbons (Fsp3) is 1.00. The van der Waals surface area contributed by atoms with Gasteiger partial charge in [-0.2, -0.15) is 0 Å². The van der Waals surface area contributed by atoms with Crippen LogP contribution in [-0.2, 0) is 9.47 Å². The van der Waals surface area contributed by atoms with Crippen molar-refractivity contribution in [1.82, 2.24) is 0 Å². The first-order valence-corrected chi connectivity index (χ1v) is 4.17. The second-order valence-electron chi connectivity index (χ2n) is 2.94. The molecule has 0 saturated carbocycles. The lowest BCUT2D eigenvalue weighted by atomic mass is 10.2. The van der Waals surface area contributed by atoms with E-state index >= 15 is 0 Å². The summed E-state index contributed by atoms with van der Waals surface area (Å²) in [6.45, 7) is 3.23. The van der Waals surface area contributed by atoms with Crippen LogP contribution >= 0.6 is 0 Å². The maximum absolute atomic E-state index is 8.43. The highest BCUT2D eigenvalue weighted by molar-refractivity contribution is 4.69. The van der Waals surface area contributed by atoms with Crippen molar-refractivity contribution in [1.29, 1.82) is 0 Å². The fourth-order valence-corrected chi connectivity index (χ4v) is 1.29. The third kappa shape index (κ3) is 3.18. The Morgan fingerprint density at radius 1 is 1.55 bits per heavy atom. The molecule has 1 heterocycles. The second-order valence-corrected chi connectivity index (χ2v) is 2.94. The molecule has 2 unspecified atom stereocenters. The predicted octanol–water partition coefficient (Wildman–Crippen LogP) is 0.563. The number of aliphatic hydroxyl groups is 1. The Labute approximate surface area is 67.3 Å². The van der Waals surface area contributed by atoms with Crippen molar-refractivity contribution in [2.75, 3.05) is 19.8 Å². The van der Waals surface area contributed by atoms with Gasteiger partial charge in [-0.3, -0.25) is 0 Å². The average molecular weight is 160 g/mol. The third-order valence-corrected chi connectivity index (χ3v) is 1.86. The summed E-state index contributed by atoms with van der Waals surface area (Å²) in [4.78, 5) is 0. The molecule has 0 aliphatic carbocycles. The molecule has 1 aliphatic rings. The van der Waals surface area contributed by atoms with Crippen molar-refractivity contribution < 1.29 is 14.6 Å². The summed E-state index contributed by atoms with van der Waals surface area (Å²) in [5, 5.41) is 8.43. The SMILES string of the molecule is CC1CCC(COCCO)O1. The Balaban J connectivity index is 1.99. The zero-order valence-corrected chi connectivity index (χ0v) is 6.95. The first-order valence-electron chi connectivity index (χ1n) is 4.17. The summed E-state index contributed by atoms with van der Waals surface area (Å²) in [5.74, 6) is 0. The van der Waals surface area contributed by atoms with Gasteiger partial charge in [0.25, 0.3) is 0 Å². The van der Waals surface area contributed by atoms with E-state index in [0.29, 0.717) is 19.3 Å². The number of rotatable bonds is 4. The molecule has 3 heteroatoms. The molecule has 0 spiro atoms. The highest BCUT2D eigenvalue weighted by Gasteiger charge is 2.21. The van der Waals surface area contributed by atoms with E-state index in [2.05, 4.69) is 6.92 Å². The van der Waals surface area contributed by atoms with Crippen molar-refractivity contribution in [3.63, 3.8) is 0 Å². The fourth-order valence-electron chi connectivity index (χ4n) is 1.29. The highest BCUT2D eigenvalue weighted by atomic mass is 16.5. The van der Waals surface area contributed by atoms with Crippen molar-refractivity contribution in [2.24, 2.45) is 0 Å². The average Bonchev–Trinajstić information content (AvgIpc) is 2.37. The summed E-state index contributed by atoms with van der Waals surface area (Å²) in [6.07, 6.45) is 2.87. The van der Waals surface area contributed by atoms with Gasteiger partial charge in [-0.25, -0.2) is 0 Å². The molecule has 1 rings (SSSR count). The van der Waals surface area contributed by atoms with Gasteiger partial charge in [0.1, 0.15) is 0 Å². The monoisotopic (exact) mass is 160 g/mol. The van der Waals surface area contributed by atoms with E-state index in [-0.39, 0.29) is 12.7 Å². The Kier molecular flexibility index (Phi) is 3.83. The van der Waals surface area contributed by atoms with Gasteiger partial charge in [0.2, 0.25) is 0 Å². The minimum atomic E-state index is 0.0995. The molecule has 3 nitrogen and oxygen atoms in total. The van der Waals surface area contributed by atoms with Crippen molar-refractivity contribution in [3.8, 4) is 0 Å². The van der Waals surface area contributed by atoms with Gasteiger partial charge in [-0.1, -0.05) is 0 Å². The van der Waals surface area contributed by atoms with Crippen LogP contribution in [0, 0.1) is 0 Å². The molecule has 1 N–H and O–H groups in total. The van der Waals surface area contributed by atoms with Gasteiger partial charge in [-0.15, -0.1) is 0 Å². The molecule has 2 atom stereocenters. The quantitative estimate of drug-likeness (QED) is 0.611. The summed E-state index contributed by atoms with van der Waals surface area (Å²) < 4.78 is 10.6. The topological polar surface area (TPSA) is 38.7 Å². The second kappa shape index (κ2) is 4.70. The molecule has 1 saturated heterocycles. The molecular weight excluding hydrogens is 144 g/mol. The van der Waals surface area contributed by atoms with Crippen molar-refractivity contribution >= 4 is 0 Å². The van der Waals surface area contributed by atoms with E-state index in [9.17, 15) is 0 Å². The molecule has 1 fully saturated rings. The molecule has 1 aliphatic heterocycles. The summed E-state index contributed by atoms with van der Waals surface area (Å²) >= 11 is 0. The smallest absolute Gasteiger partial charge is 0.0813 e. The maximum Gasteiger partial charge on any atom is 0.0813 e. The number of hydrogen-bond acceptors (Lipinski definition) is 3. The normalized spacial score (nSPS) is 31.1. The first-order chi connectivity index (χ1) is 5.33. The van der Waals surface area contributed by atoms with E-state index in [0.717, 1.165) is 12.8 Å². The number of hydrogen-bond donors (Lipinski definition) is 1. The largest absolute Gasteiger partial charge is 0.394 e.